The molecule has 0 saturated carbocycles. The lowest BCUT2D eigenvalue weighted by Gasteiger charge is -2.32. The van der Waals surface area contributed by atoms with Crippen molar-refractivity contribution < 1.29 is 4.79 Å². The van der Waals surface area contributed by atoms with Gasteiger partial charge in [-0.2, -0.15) is 0 Å². The molecule has 3 aliphatic rings. The predicted octanol–water partition coefficient (Wildman–Crippen LogP) is 4.81. The molecule has 1 N–H and O–H groups in total. The summed E-state index contributed by atoms with van der Waals surface area (Å²) in [5.74, 6) is 1.07. The van der Waals surface area contributed by atoms with E-state index in [1.54, 1.807) is 11.3 Å². The van der Waals surface area contributed by atoms with E-state index in [0.29, 0.717) is 6.54 Å². The van der Waals surface area contributed by atoms with Gasteiger partial charge in [0.2, 0.25) is 0 Å². The number of anilines is 1. The lowest BCUT2D eigenvalue weighted by atomic mass is 9.99. The molecule has 2 aliphatic heterocycles. The minimum Gasteiger partial charge on any atom is -0.362 e. The fraction of sp³-hybridized carbons (Fsp3) is 0.364. The highest BCUT2D eigenvalue weighted by Crippen LogP contribution is 2.41. The van der Waals surface area contributed by atoms with Gasteiger partial charge in [-0.05, 0) is 37.8 Å². The zero-order valence-corrected chi connectivity index (χ0v) is 17.9. The van der Waals surface area contributed by atoms with Crippen molar-refractivity contribution in [1.82, 2.24) is 14.9 Å². The van der Waals surface area contributed by atoms with Crippen LogP contribution in [-0.2, 0) is 6.42 Å². The minimum atomic E-state index is -0.000798. The van der Waals surface area contributed by atoms with Crippen molar-refractivity contribution in [2.24, 2.45) is 0 Å². The van der Waals surface area contributed by atoms with E-state index in [1.807, 2.05) is 6.20 Å². The maximum absolute atomic E-state index is 12.8. The number of halogens is 1. The molecule has 0 fully saturated rings. The van der Waals surface area contributed by atoms with Crippen LogP contribution in [0.25, 0.3) is 16.8 Å². The molecule has 2 aromatic heterocycles. The summed E-state index contributed by atoms with van der Waals surface area (Å²) in [6, 6.07) is 2.25. The Morgan fingerprint density at radius 1 is 1.28 bits per heavy atom. The summed E-state index contributed by atoms with van der Waals surface area (Å²) in [6.07, 6.45) is 14.5. The first-order chi connectivity index (χ1) is 14.1. The first kappa shape index (κ1) is 18.7. The van der Waals surface area contributed by atoms with Crippen LogP contribution in [0.15, 0.2) is 41.1 Å². The summed E-state index contributed by atoms with van der Waals surface area (Å²) < 4.78 is 2.14. The fourth-order valence-corrected chi connectivity index (χ4v) is 5.74. The average molecular weight is 427 g/mol. The monoisotopic (exact) mass is 426 g/mol. The Bertz CT molecular complexity index is 1060. The largest absolute Gasteiger partial charge is 0.362 e. The number of hydrogen-bond acceptors (Lipinski definition) is 4. The van der Waals surface area contributed by atoms with E-state index in [0.717, 1.165) is 69.8 Å². The first-order valence-corrected chi connectivity index (χ1v) is 11.3. The third-order valence-electron chi connectivity index (χ3n) is 5.83. The van der Waals surface area contributed by atoms with Gasteiger partial charge in [-0.3, -0.25) is 4.79 Å². The van der Waals surface area contributed by atoms with Gasteiger partial charge in [-0.15, -0.1) is 11.3 Å². The summed E-state index contributed by atoms with van der Waals surface area (Å²) in [5, 5.41) is 3.88. The van der Waals surface area contributed by atoms with Crippen LogP contribution in [0.1, 0.15) is 41.7 Å². The highest BCUT2D eigenvalue weighted by Gasteiger charge is 2.30. The van der Waals surface area contributed by atoms with Gasteiger partial charge in [0, 0.05) is 30.7 Å². The third-order valence-corrected chi connectivity index (χ3v) is 7.35. The van der Waals surface area contributed by atoms with Crippen LogP contribution in [0.4, 0.5) is 5.69 Å². The van der Waals surface area contributed by atoms with Crippen LogP contribution in [-0.4, -0.2) is 34.6 Å². The van der Waals surface area contributed by atoms with Crippen molar-refractivity contribution in [3.63, 3.8) is 0 Å². The maximum Gasteiger partial charge on any atom is 0.263 e. The number of carbonyl (C=O) groups excluding carboxylic acids is 1. The van der Waals surface area contributed by atoms with Gasteiger partial charge in [0.15, 0.2) is 0 Å². The SMILES string of the molecule is CC(C1=CCCC=C1Cl)N1CCNC(=O)c2sc(-c3cnc4n3C=CCC4)cc21. The molecule has 1 atom stereocenters. The number of thiophene rings is 1. The molecule has 5 rings (SSSR count). The van der Waals surface area contributed by atoms with E-state index in [1.165, 1.54) is 0 Å². The highest BCUT2D eigenvalue weighted by molar-refractivity contribution is 7.18. The van der Waals surface area contributed by atoms with E-state index in [4.69, 9.17) is 11.6 Å². The second kappa shape index (κ2) is 7.50. The number of nitrogens with one attached hydrogen (secondary N) is 1. The first-order valence-electron chi connectivity index (χ1n) is 10.1. The smallest absolute Gasteiger partial charge is 0.263 e. The van der Waals surface area contributed by atoms with Crippen LogP contribution in [0.3, 0.4) is 0 Å². The Labute approximate surface area is 179 Å². The van der Waals surface area contributed by atoms with Crippen LogP contribution in [0, 0.1) is 0 Å². The maximum atomic E-state index is 12.8. The molecule has 1 aliphatic carbocycles. The molecule has 0 spiro atoms. The number of fused-ring (bicyclic) bond motifs is 2. The number of hydrogen-bond donors (Lipinski definition) is 1. The zero-order chi connectivity index (χ0) is 20.0. The molecule has 150 valence electrons. The van der Waals surface area contributed by atoms with Gasteiger partial charge in [0.25, 0.3) is 5.91 Å². The fourth-order valence-electron chi connectivity index (χ4n) is 4.30. The molecule has 1 unspecified atom stereocenters. The second-order valence-corrected chi connectivity index (χ2v) is 9.05. The lowest BCUT2D eigenvalue weighted by molar-refractivity contribution is 0.0962. The number of aromatic nitrogens is 2. The van der Waals surface area contributed by atoms with Gasteiger partial charge >= 0.3 is 0 Å². The molecule has 7 heteroatoms. The number of imidazole rings is 1. The summed E-state index contributed by atoms with van der Waals surface area (Å²) in [7, 11) is 0. The molecule has 2 aromatic rings. The van der Waals surface area contributed by atoms with Crippen molar-refractivity contribution in [2.45, 2.75) is 38.6 Å². The quantitative estimate of drug-likeness (QED) is 0.766. The van der Waals surface area contributed by atoms with Gasteiger partial charge in [0.1, 0.15) is 10.7 Å². The zero-order valence-electron chi connectivity index (χ0n) is 16.3. The number of carbonyl (C=O) groups is 1. The summed E-state index contributed by atoms with van der Waals surface area (Å²) in [4.78, 5) is 21.5. The normalized spacial score (nSPS) is 19.7. The molecule has 0 aromatic carbocycles. The van der Waals surface area contributed by atoms with Crippen LogP contribution in [0.5, 0.6) is 0 Å². The summed E-state index contributed by atoms with van der Waals surface area (Å²) >= 11 is 8.07. The second-order valence-electron chi connectivity index (χ2n) is 7.59. The molecule has 0 bridgehead atoms. The van der Waals surface area contributed by atoms with Crippen molar-refractivity contribution in [3.05, 3.63) is 51.8 Å². The van der Waals surface area contributed by atoms with E-state index >= 15 is 0 Å². The molecule has 0 saturated heterocycles. The summed E-state index contributed by atoms with van der Waals surface area (Å²) in [6.45, 7) is 3.55. The Hall–Kier alpha value is -2.31. The molecule has 5 nitrogen and oxygen atoms in total. The van der Waals surface area contributed by atoms with Gasteiger partial charge in [-0.1, -0.05) is 29.8 Å². The highest BCUT2D eigenvalue weighted by atomic mass is 35.5. The average Bonchev–Trinajstić information content (AvgIpc) is 3.32. The van der Waals surface area contributed by atoms with E-state index in [9.17, 15) is 4.79 Å². The van der Waals surface area contributed by atoms with Crippen LogP contribution in [0.2, 0.25) is 0 Å². The number of allylic oxidation sites excluding steroid dienone is 3. The predicted molar refractivity (Wildman–Crippen MR) is 120 cm³/mol. The van der Waals surface area contributed by atoms with Crippen LogP contribution < -0.4 is 10.2 Å². The van der Waals surface area contributed by atoms with Crippen molar-refractivity contribution in [1.29, 1.82) is 0 Å². The van der Waals surface area contributed by atoms with E-state index < -0.39 is 0 Å². The van der Waals surface area contributed by atoms with E-state index in [-0.39, 0.29) is 11.9 Å². The number of amides is 1. The standard InChI is InChI=1S/C22H23ClN4OS/c1-14(15-6-2-3-7-16(15)23)26-11-9-24-22(28)21-17(26)12-19(29-21)18-13-25-20-8-4-5-10-27(18)20/h5-7,10,12-14H,2-4,8-9,11H2,1H3,(H,24,28). The molecular weight excluding hydrogens is 404 g/mol. The Morgan fingerprint density at radius 2 is 2.14 bits per heavy atom. The van der Waals surface area contributed by atoms with Gasteiger partial charge < -0.3 is 14.8 Å². The van der Waals surface area contributed by atoms with Gasteiger partial charge in [0.05, 0.1) is 28.5 Å². The van der Waals surface area contributed by atoms with Crippen molar-refractivity contribution >= 4 is 40.7 Å². The number of nitrogens with zero attached hydrogens (tertiary/aromatic N) is 3. The third kappa shape index (κ3) is 3.24. The Kier molecular flexibility index (Phi) is 4.84. The van der Waals surface area contributed by atoms with Gasteiger partial charge in [-0.25, -0.2) is 4.98 Å². The number of aryl methyl sites for hydroxylation is 1. The Morgan fingerprint density at radius 3 is 3.00 bits per heavy atom. The molecule has 0 radical (unpaired) electrons. The lowest BCUT2D eigenvalue weighted by Crippen LogP contribution is -2.38. The van der Waals surface area contributed by atoms with Crippen molar-refractivity contribution in [3.8, 4) is 10.6 Å². The molecule has 1 amide bonds. The number of rotatable bonds is 3. The summed E-state index contributed by atoms with van der Waals surface area (Å²) in [5.41, 5.74) is 3.18. The molecule has 4 heterocycles. The molecular formula is C22H23ClN4OS. The molecule has 29 heavy (non-hydrogen) atoms. The minimum absolute atomic E-state index is 0.000798. The van der Waals surface area contributed by atoms with Crippen LogP contribution >= 0.6 is 22.9 Å². The Balaban J connectivity index is 1.57. The van der Waals surface area contributed by atoms with Crippen molar-refractivity contribution in [2.75, 3.05) is 18.0 Å². The topological polar surface area (TPSA) is 50.2 Å². The van der Waals surface area contributed by atoms with E-state index in [2.05, 4.69) is 57.2 Å².